The third-order valence-corrected chi connectivity index (χ3v) is 4.54. The van der Waals surface area contributed by atoms with E-state index in [1.165, 1.54) is 0 Å². The topological polar surface area (TPSA) is 50.1 Å². The fourth-order valence-electron chi connectivity index (χ4n) is 3.42. The molecular weight excluding hydrogens is 334 g/mol. The first-order chi connectivity index (χ1) is 12.8. The number of nitriles is 1. The van der Waals surface area contributed by atoms with E-state index in [1.807, 2.05) is 81.4 Å². The molecule has 2 rings (SSSR count). The summed E-state index contributed by atoms with van der Waals surface area (Å²) >= 11 is 0. The number of benzene rings is 2. The van der Waals surface area contributed by atoms with Gasteiger partial charge in [0, 0.05) is 5.92 Å². The summed E-state index contributed by atoms with van der Waals surface area (Å²) in [6, 6.07) is 21.9. The van der Waals surface area contributed by atoms with E-state index in [-0.39, 0.29) is 18.3 Å². The van der Waals surface area contributed by atoms with Crippen molar-refractivity contribution in [3.63, 3.8) is 0 Å². The van der Waals surface area contributed by atoms with Crippen molar-refractivity contribution < 1.29 is 9.53 Å². The van der Waals surface area contributed by atoms with Crippen LogP contribution in [0, 0.1) is 11.3 Å². The quantitative estimate of drug-likeness (QED) is 0.480. The van der Waals surface area contributed by atoms with Crippen LogP contribution in [-0.4, -0.2) is 11.6 Å². The zero-order valence-corrected chi connectivity index (χ0v) is 16.3. The molecule has 140 valence electrons. The summed E-state index contributed by atoms with van der Waals surface area (Å²) in [5.74, 6) is -0.657. The molecule has 0 saturated carbocycles. The van der Waals surface area contributed by atoms with Crippen LogP contribution in [0.2, 0.25) is 0 Å². The number of hydrogen-bond acceptors (Lipinski definition) is 3. The van der Waals surface area contributed by atoms with E-state index in [0.29, 0.717) is 6.42 Å². The van der Waals surface area contributed by atoms with E-state index in [1.54, 1.807) is 6.08 Å². The molecule has 27 heavy (non-hydrogen) atoms. The summed E-state index contributed by atoms with van der Waals surface area (Å²) in [5.41, 5.74) is 0.348. The number of nitrogens with zero attached hydrogens (tertiary/aromatic N) is 1. The predicted molar refractivity (Wildman–Crippen MR) is 108 cm³/mol. The van der Waals surface area contributed by atoms with Gasteiger partial charge in [0.2, 0.25) is 0 Å². The summed E-state index contributed by atoms with van der Waals surface area (Å²) in [7, 11) is 0. The Morgan fingerprint density at radius 3 is 2.15 bits per heavy atom. The van der Waals surface area contributed by atoms with Crippen LogP contribution < -0.4 is 0 Å². The van der Waals surface area contributed by atoms with Crippen LogP contribution in [0.3, 0.4) is 0 Å². The van der Waals surface area contributed by atoms with E-state index in [9.17, 15) is 10.1 Å². The van der Waals surface area contributed by atoms with Crippen molar-refractivity contribution in [1.29, 1.82) is 5.26 Å². The molecule has 2 aromatic carbocycles. The minimum Gasteiger partial charge on any atom is -0.460 e. The fraction of sp³-hybridized carbons (Fsp3) is 0.333. The molecule has 0 radical (unpaired) electrons. The Labute approximate surface area is 162 Å². The molecule has 0 unspecified atom stereocenters. The van der Waals surface area contributed by atoms with Crippen LogP contribution in [0.5, 0.6) is 0 Å². The molecule has 0 fully saturated rings. The maximum atomic E-state index is 12.7. The highest BCUT2D eigenvalue weighted by atomic mass is 16.6. The van der Waals surface area contributed by atoms with E-state index in [4.69, 9.17) is 4.74 Å². The second-order valence-corrected chi connectivity index (χ2v) is 7.70. The molecule has 0 aromatic heterocycles. The number of hydrogen-bond donors (Lipinski definition) is 0. The lowest BCUT2D eigenvalue weighted by Gasteiger charge is -2.35. The van der Waals surface area contributed by atoms with Crippen LogP contribution in [0.25, 0.3) is 0 Å². The van der Waals surface area contributed by atoms with Gasteiger partial charge < -0.3 is 4.74 Å². The molecule has 2 aromatic rings. The average Bonchev–Trinajstić information content (AvgIpc) is 2.64. The number of rotatable bonds is 7. The molecule has 0 heterocycles. The van der Waals surface area contributed by atoms with Crippen molar-refractivity contribution in [3.05, 3.63) is 84.4 Å². The number of carbonyl (C=O) groups excluding carboxylic acids is 1. The minimum atomic E-state index is -0.902. The number of carbonyl (C=O) groups is 1. The Morgan fingerprint density at radius 2 is 1.67 bits per heavy atom. The molecule has 3 heteroatoms. The molecule has 0 spiro atoms. The molecule has 2 atom stereocenters. The molecule has 0 bridgehead atoms. The largest absolute Gasteiger partial charge is 0.460 e. The third-order valence-electron chi connectivity index (χ3n) is 4.54. The molecule has 0 aliphatic heterocycles. The maximum Gasteiger partial charge on any atom is 0.306 e. The van der Waals surface area contributed by atoms with Gasteiger partial charge in [-0.25, -0.2) is 0 Å². The van der Waals surface area contributed by atoms with Crippen molar-refractivity contribution in [2.75, 3.05) is 0 Å². The zero-order chi connectivity index (χ0) is 19.9. The monoisotopic (exact) mass is 361 g/mol. The summed E-state index contributed by atoms with van der Waals surface area (Å²) in [4.78, 5) is 12.7. The fourth-order valence-corrected chi connectivity index (χ4v) is 3.42. The molecular formula is C24H27NO2. The molecule has 3 nitrogen and oxygen atoms in total. The summed E-state index contributed by atoms with van der Waals surface area (Å²) in [5, 5.41) is 10.3. The van der Waals surface area contributed by atoms with Gasteiger partial charge in [-0.2, -0.15) is 5.26 Å². The lowest BCUT2D eigenvalue weighted by molar-refractivity contribution is -0.155. The van der Waals surface area contributed by atoms with Crippen molar-refractivity contribution in [3.8, 4) is 6.07 Å². The van der Waals surface area contributed by atoms with Gasteiger partial charge in [-0.1, -0.05) is 66.7 Å². The summed E-state index contributed by atoms with van der Waals surface area (Å²) in [6.45, 7) is 9.41. The van der Waals surface area contributed by atoms with Crippen LogP contribution in [-0.2, 0) is 14.9 Å². The van der Waals surface area contributed by atoms with Crippen LogP contribution in [0.4, 0.5) is 0 Å². The van der Waals surface area contributed by atoms with Crippen LogP contribution >= 0.6 is 0 Å². The Bertz CT molecular complexity index is 800. The van der Waals surface area contributed by atoms with Crippen LogP contribution in [0.15, 0.2) is 73.3 Å². The highest BCUT2D eigenvalue weighted by Gasteiger charge is 2.42. The number of ether oxygens (including phenoxy) is 1. The van der Waals surface area contributed by atoms with Gasteiger partial charge in [0.05, 0.1) is 17.9 Å². The standard InChI is InChI=1S/C24H27NO2/c1-5-16-24(18-25,20-14-10-7-11-15-20)21(19-12-8-6-9-13-19)17-22(26)27-23(2,3)4/h5-15,21H,1,16-17H2,2-4H3/t21-,24+/m1/s1. The first-order valence-corrected chi connectivity index (χ1v) is 9.17. The molecule has 0 aliphatic rings. The number of allylic oxidation sites excluding steroid dienone is 1. The van der Waals surface area contributed by atoms with Gasteiger partial charge in [0.15, 0.2) is 0 Å². The van der Waals surface area contributed by atoms with Crippen molar-refractivity contribution in [1.82, 2.24) is 0 Å². The van der Waals surface area contributed by atoms with Crippen molar-refractivity contribution in [2.45, 2.75) is 50.5 Å². The Morgan fingerprint density at radius 1 is 1.11 bits per heavy atom. The predicted octanol–water partition coefficient (Wildman–Crippen LogP) is 5.54. The first-order valence-electron chi connectivity index (χ1n) is 9.17. The van der Waals surface area contributed by atoms with Gasteiger partial charge >= 0.3 is 5.97 Å². The summed E-state index contributed by atoms with van der Waals surface area (Å²) < 4.78 is 5.57. The minimum absolute atomic E-state index is 0.123. The van der Waals surface area contributed by atoms with Crippen molar-refractivity contribution in [2.24, 2.45) is 0 Å². The SMILES string of the molecule is C=CC[C@](C#N)(c1ccccc1)[C@H](CC(=O)OC(C)(C)C)c1ccccc1. The lowest BCUT2D eigenvalue weighted by atomic mass is 9.65. The van der Waals surface area contributed by atoms with Crippen LogP contribution in [0.1, 0.15) is 50.7 Å². The average molecular weight is 361 g/mol. The highest BCUT2D eigenvalue weighted by Crippen LogP contribution is 2.44. The van der Waals surface area contributed by atoms with Gasteiger partial charge in [-0.05, 0) is 38.3 Å². The van der Waals surface area contributed by atoms with E-state index < -0.39 is 11.0 Å². The van der Waals surface area contributed by atoms with Gasteiger partial charge in [-0.3, -0.25) is 4.79 Å². The van der Waals surface area contributed by atoms with E-state index in [2.05, 4.69) is 12.6 Å². The van der Waals surface area contributed by atoms with E-state index in [0.717, 1.165) is 11.1 Å². The smallest absolute Gasteiger partial charge is 0.306 e. The molecule has 0 amide bonds. The molecule has 0 saturated heterocycles. The third kappa shape index (κ3) is 5.08. The van der Waals surface area contributed by atoms with Crippen molar-refractivity contribution >= 4 is 5.97 Å². The Balaban J connectivity index is 2.56. The van der Waals surface area contributed by atoms with Gasteiger partial charge in [-0.15, -0.1) is 6.58 Å². The Kier molecular flexibility index (Phi) is 6.58. The second kappa shape index (κ2) is 8.68. The van der Waals surface area contributed by atoms with Gasteiger partial charge in [0.25, 0.3) is 0 Å². The highest BCUT2D eigenvalue weighted by molar-refractivity contribution is 5.72. The Hall–Kier alpha value is -2.86. The summed E-state index contributed by atoms with van der Waals surface area (Å²) in [6.07, 6.45) is 2.31. The second-order valence-electron chi connectivity index (χ2n) is 7.70. The van der Waals surface area contributed by atoms with E-state index >= 15 is 0 Å². The molecule has 0 N–H and O–H groups in total. The maximum absolute atomic E-state index is 12.7. The number of esters is 1. The normalized spacial score (nSPS) is 14.4. The van der Waals surface area contributed by atoms with Gasteiger partial charge in [0.1, 0.15) is 5.60 Å². The molecule has 0 aliphatic carbocycles. The zero-order valence-electron chi connectivity index (χ0n) is 16.3. The lowest BCUT2D eigenvalue weighted by Crippen LogP contribution is -2.35. The first kappa shape index (κ1) is 20.5.